The minimum absolute atomic E-state index is 0.109. The number of hydrogen-bond acceptors (Lipinski definition) is 4. The van der Waals surface area contributed by atoms with E-state index in [1.165, 1.54) is 28.1 Å². The molecule has 1 amide bonds. The van der Waals surface area contributed by atoms with Crippen LogP contribution in [0.5, 0.6) is 0 Å². The maximum Gasteiger partial charge on any atom is 0.243 e. The molecule has 0 spiro atoms. The molecule has 2 atom stereocenters. The Kier molecular flexibility index (Phi) is 7.20. The second-order valence-corrected chi connectivity index (χ2v) is 11.1. The number of carbonyl (C=O) groups is 1. The average Bonchev–Trinajstić information content (AvgIpc) is 3.65. The lowest BCUT2D eigenvalue weighted by atomic mass is 10.0. The molecule has 32 heavy (non-hydrogen) atoms. The zero-order chi connectivity index (χ0) is 22.7. The van der Waals surface area contributed by atoms with E-state index in [1.807, 2.05) is 25.1 Å². The number of anilines is 1. The van der Waals surface area contributed by atoms with Crippen molar-refractivity contribution in [1.29, 1.82) is 0 Å². The van der Waals surface area contributed by atoms with E-state index in [0.717, 1.165) is 32.1 Å². The molecule has 0 unspecified atom stereocenters. The minimum Gasteiger partial charge on any atom is -0.323 e. The van der Waals surface area contributed by atoms with Gasteiger partial charge in [-0.15, -0.1) is 0 Å². The molecule has 1 saturated carbocycles. The summed E-state index contributed by atoms with van der Waals surface area (Å²) in [4.78, 5) is 13.1. The van der Waals surface area contributed by atoms with E-state index in [-0.39, 0.29) is 16.8 Å². The van der Waals surface area contributed by atoms with Gasteiger partial charge in [0, 0.05) is 19.1 Å². The average molecular weight is 476 g/mol. The molecule has 0 aromatic heterocycles. The zero-order valence-electron chi connectivity index (χ0n) is 18.3. The number of hydrogen-bond donors (Lipinski definition) is 2. The summed E-state index contributed by atoms with van der Waals surface area (Å²) in [6, 6.07) is 14.3. The molecule has 0 bridgehead atoms. The lowest BCUT2D eigenvalue weighted by Gasteiger charge is -2.26. The van der Waals surface area contributed by atoms with Gasteiger partial charge < -0.3 is 5.32 Å². The number of carbonyl (C=O) groups excluding carboxylic acids is 1. The summed E-state index contributed by atoms with van der Waals surface area (Å²) >= 11 is 6.30. The van der Waals surface area contributed by atoms with Crippen molar-refractivity contribution < 1.29 is 13.2 Å². The maximum absolute atomic E-state index is 13.0. The molecule has 1 aliphatic carbocycles. The first-order chi connectivity index (χ1) is 15.4. The smallest absolute Gasteiger partial charge is 0.243 e. The molecule has 2 aromatic rings. The van der Waals surface area contributed by atoms with Crippen LogP contribution in [0.1, 0.15) is 50.6 Å². The van der Waals surface area contributed by atoms with Gasteiger partial charge in [0.05, 0.1) is 21.6 Å². The Balaban J connectivity index is 1.47. The number of sulfonamides is 1. The summed E-state index contributed by atoms with van der Waals surface area (Å²) in [5, 5.41) is 6.58. The van der Waals surface area contributed by atoms with Crippen molar-refractivity contribution in [2.75, 3.05) is 18.4 Å². The summed E-state index contributed by atoms with van der Waals surface area (Å²) < 4.78 is 27.5. The number of amides is 1. The lowest BCUT2D eigenvalue weighted by Crippen LogP contribution is -2.41. The molecule has 2 fully saturated rings. The summed E-state index contributed by atoms with van der Waals surface area (Å²) in [5.74, 6) is 0.273. The Morgan fingerprint density at radius 3 is 2.41 bits per heavy atom. The zero-order valence-corrected chi connectivity index (χ0v) is 19.8. The first kappa shape index (κ1) is 23.2. The van der Waals surface area contributed by atoms with Gasteiger partial charge in [0.2, 0.25) is 15.9 Å². The molecule has 2 N–H and O–H groups in total. The Bertz CT molecular complexity index is 1050. The standard InChI is InChI=1S/C24H30ClN3O3S/c1-17(26-23(19-10-11-19)18-8-4-2-5-9-18)24(29)27-22-16-20(12-13-21(22)25)32(30,31)28-14-6-3-7-15-28/h2,4-5,8-9,12-13,16-17,19,23,26H,3,6-7,10-11,14-15H2,1H3,(H,27,29)/t17-,23-/m0/s1. The molecule has 172 valence electrons. The number of piperidine rings is 1. The highest BCUT2D eigenvalue weighted by Crippen LogP contribution is 2.41. The van der Waals surface area contributed by atoms with Crippen LogP contribution >= 0.6 is 11.6 Å². The summed E-state index contributed by atoms with van der Waals surface area (Å²) in [6.07, 6.45) is 5.06. The largest absolute Gasteiger partial charge is 0.323 e. The van der Waals surface area contributed by atoms with Gasteiger partial charge in [-0.25, -0.2) is 8.42 Å². The van der Waals surface area contributed by atoms with Gasteiger partial charge >= 0.3 is 0 Å². The Labute approximate surface area is 195 Å². The molecule has 1 heterocycles. The van der Waals surface area contributed by atoms with Gasteiger partial charge in [0.1, 0.15) is 0 Å². The molecule has 1 aliphatic heterocycles. The second-order valence-electron chi connectivity index (χ2n) is 8.71. The monoisotopic (exact) mass is 475 g/mol. The predicted molar refractivity (Wildman–Crippen MR) is 127 cm³/mol. The number of halogens is 1. The van der Waals surface area contributed by atoms with Gasteiger partial charge in [-0.05, 0) is 62.3 Å². The normalized spacial score (nSPS) is 19.3. The van der Waals surface area contributed by atoms with E-state index in [2.05, 4.69) is 22.8 Å². The third kappa shape index (κ3) is 5.34. The summed E-state index contributed by atoms with van der Waals surface area (Å²) in [7, 11) is -3.61. The van der Waals surface area contributed by atoms with Crippen LogP contribution in [0.15, 0.2) is 53.4 Å². The van der Waals surface area contributed by atoms with Crippen LogP contribution in [0, 0.1) is 5.92 Å². The molecular weight excluding hydrogens is 446 g/mol. The molecular formula is C24H30ClN3O3S. The predicted octanol–water partition coefficient (Wildman–Crippen LogP) is 4.58. The first-order valence-electron chi connectivity index (χ1n) is 11.3. The topological polar surface area (TPSA) is 78.5 Å². The minimum atomic E-state index is -3.61. The van der Waals surface area contributed by atoms with Crippen molar-refractivity contribution >= 4 is 33.2 Å². The Morgan fingerprint density at radius 1 is 1.06 bits per heavy atom. The van der Waals surface area contributed by atoms with Crippen molar-refractivity contribution in [2.45, 2.75) is 56.0 Å². The molecule has 1 saturated heterocycles. The highest BCUT2D eigenvalue weighted by Gasteiger charge is 2.34. The molecule has 4 rings (SSSR count). The van der Waals surface area contributed by atoms with E-state index in [4.69, 9.17) is 11.6 Å². The molecule has 2 aliphatic rings. The number of nitrogens with one attached hydrogen (secondary N) is 2. The van der Waals surface area contributed by atoms with Gasteiger partial charge in [0.25, 0.3) is 0 Å². The van der Waals surface area contributed by atoms with Gasteiger partial charge in [-0.2, -0.15) is 4.31 Å². The van der Waals surface area contributed by atoms with Crippen LogP contribution in [-0.4, -0.2) is 37.8 Å². The van der Waals surface area contributed by atoms with Crippen molar-refractivity contribution in [1.82, 2.24) is 9.62 Å². The van der Waals surface area contributed by atoms with Crippen LogP contribution in [0.4, 0.5) is 5.69 Å². The molecule has 8 heteroatoms. The van der Waals surface area contributed by atoms with Crippen molar-refractivity contribution in [3.63, 3.8) is 0 Å². The SMILES string of the molecule is C[C@H](N[C@@H](c1ccccc1)C1CC1)C(=O)Nc1cc(S(=O)(=O)N2CCCCC2)ccc1Cl. The lowest BCUT2D eigenvalue weighted by molar-refractivity contribution is -0.118. The molecule has 0 radical (unpaired) electrons. The van der Waals surface area contributed by atoms with Crippen LogP contribution in [0.25, 0.3) is 0 Å². The molecule has 2 aromatic carbocycles. The fourth-order valence-corrected chi connectivity index (χ4v) is 5.90. The second kappa shape index (κ2) is 9.91. The first-order valence-corrected chi connectivity index (χ1v) is 13.1. The highest BCUT2D eigenvalue weighted by molar-refractivity contribution is 7.89. The van der Waals surface area contributed by atoms with E-state index >= 15 is 0 Å². The third-order valence-electron chi connectivity index (χ3n) is 6.22. The van der Waals surface area contributed by atoms with Crippen LogP contribution in [0.3, 0.4) is 0 Å². The van der Waals surface area contributed by atoms with E-state index in [9.17, 15) is 13.2 Å². The Morgan fingerprint density at radius 2 is 1.75 bits per heavy atom. The van der Waals surface area contributed by atoms with E-state index < -0.39 is 16.1 Å². The van der Waals surface area contributed by atoms with Crippen molar-refractivity contribution in [3.8, 4) is 0 Å². The van der Waals surface area contributed by atoms with Crippen molar-refractivity contribution in [2.24, 2.45) is 5.92 Å². The van der Waals surface area contributed by atoms with Crippen LogP contribution < -0.4 is 10.6 Å². The maximum atomic E-state index is 13.0. The van der Waals surface area contributed by atoms with Crippen LogP contribution in [0.2, 0.25) is 5.02 Å². The van der Waals surface area contributed by atoms with Crippen molar-refractivity contribution in [3.05, 3.63) is 59.1 Å². The number of nitrogens with zero attached hydrogens (tertiary/aromatic N) is 1. The highest BCUT2D eigenvalue weighted by atomic mass is 35.5. The fraction of sp³-hybridized carbons (Fsp3) is 0.458. The number of rotatable bonds is 8. The quantitative estimate of drug-likeness (QED) is 0.585. The van der Waals surface area contributed by atoms with E-state index in [1.54, 1.807) is 0 Å². The third-order valence-corrected chi connectivity index (χ3v) is 8.45. The fourth-order valence-electron chi connectivity index (χ4n) is 4.20. The number of benzene rings is 2. The summed E-state index contributed by atoms with van der Waals surface area (Å²) in [6.45, 7) is 2.86. The van der Waals surface area contributed by atoms with Crippen LogP contribution in [-0.2, 0) is 14.8 Å². The van der Waals surface area contributed by atoms with E-state index in [0.29, 0.717) is 29.7 Å². The van der Waals surface area contributed by atoms with Gasteiger partial charge in [0.15, 0.2) is 0 Å². The summed E-state index contributed by atoms with van der Waals surface area (Å²) in [5.41, 5.74) is 1.48. The van der Waals surface area contributed by atoms with Gasteiger partial charge in [-0.1, -0.05) is 48.4 Å². The Hall–Kier alpha value is -1.93. The molecule has 6 nitrogen and oxygen atoms in total. The van der Waals surface area contributed by atoms with Gasteiger partial charge in [-0.3, -0.25) is 10.1 Å².